The summed E-state index contributed by atoms with van der Waals surface area (Å²) in [6, 6.07) is 5.82. The van der Waals surface area contributed by atoms with Crippen LogP contribution < -0.4 is 10.5 Å². The van der Waals surface area contributed by atoms with E-state index in [1.54, 1.807) is 0 Å². The molecule has 16 heavy (non-hydrogen) atoms. The predicted molar refractivity (Wildman–Crippen MR) is 69.9 cm³/mol. The zero-order valence-electron chi connectivity index (χ0n) is 9.34. The van der Waals surface area contributed by atoms with Crippen LogP contribution in [0.5, 0.6) is 5.75 Å². The summed E-state index contributed by atoms with van der Waals surface area (Å²) in [5.41, 5.74) is 5.97. The first-order valence-corrected chi connectivity index (χ1v) is 6.45. The third-order valence-electron chi connectivity index (χ3n) is 3.42. The molecule has 0 amide bonds. The molecule has 2 N–H and O–H groups in total. The van der Waals surface area contributed by atoms with Crippen LogP contribution in [-0.4, -0.2) is 12.1 Å². The maximum atomic E-state index is 6.07. The quantitative estimate of drug-likeness (QED) is 0.906. The number of hydrogen-bond acceptors (Lipinski definition) is 2. The largest absolute Gasteiger partial charge is 0.488 e. The second-order valence-electron chi connectivity index (χ2n) is 4.84. The zero-order chi connectivity index (χ0) is 11.9. The smallest absolute Gasteiger partial charge is 0.139 e. The standard InChI is InChI=1S/C12H15BrClNO/c1-12(2)10(15)6-11(12)16-9-5-7(13)3-4-8(9)14/h3-5,10-11H,6,15H2,1-2H3. The van der Waals surface area contributed by atoms with E-state index in [1.165, 1.54) is 0 Å². The van der Waals surface area contributed by atoms with Crippen LogP contribution in [0.4, 0.5) is 0 Å². The third kappa shape index (κ3) is 2.08. The minimum atomic E-state index is 0.0195. The lowest BCUT2D eigenvalue weighted by Crippen LogP contribution is -2.60. The second kappa shape index (κ2) is 4.21. The van der Waals surface area contributed by atoms with E-state index in [2.05, 4.69) is 29.8 Å². The van der Waals surface area contributed by atoms with Crippen LogP contribution in [0.2, 0.25) is 5.02 Å². The summed E-state index contributed by atoms with van der Waals surface area (Å²) < 4.78 is 6.87. The van der Waals surface area contributed by atoms with Crippen molar-refractivity contribution >= 4 is 27.5 Å². The van der Waals surface area contributed by atoms with Crippen LogP contribution in [0.3, 0.4) is 0 Å². The molecule has 2 unspecified atom stereocenters. The van der Waals surface area contributed by atoms with E-state index >= 15 is 0 Å². The van der Waals surface area contributed by atoms with Crippen molar-refractivity contribution in [3.63, 3.8) is 0 Å². The van der Waals surface area contributed by atoms with E-state index in [0.717, 1.165) is 16.6 Å². The van der Waals surface area contributed by atoms with E-state index in [0.29, 0.717) is 5.02 Å². The second-order valence-corrected chi connectivity index (χ2v) is 6.17. The number of ether oxygens (including phenoxy) is 1. The molecule has 1 aromatic carbocycles. The van der Waals surface area contributed by atoms with Gasteiger partial charge in [-0.2, -0.15) is 0 Å². The highest BCUT2D eigenvalue weighted by molar-refractivity contribution is 9.10. The van der Waals surface area contributed by atoms with Crippen LogP contribution in [-0.2, 0) is 0 Å². The summed E-state index contributed by atoms with van der Waals surface area (Å²) in [7, 11) is 0. The molecular formula is C12H15BrClNO. The maximum absolute atomic E-state index is 6.07. The van der Waals surface area contributed by atoms with Gasteiger partial charge in [0.2, 0.25) is 0 Å². The van der Waals surface area contributed by atoms with Crippen LogP contribution in [0.15, 0.2) is 22.7 Å². The lowest BCUT2D eigenvalue weighted by atomic mass is 9.65. The monoisotopic (exact) mass is 303 g/mol. The van der Waals surface area contributed by atoms with Gasteiger partial charge >= 0.3 is 0 Å². The Labute approximate surface area is 109 Å². The van der Waals surface area contributed by atoms with E-state index in [4.69, 9.17) is 22.1 Å². The van der Waals surface area contributed by atoms with E-state index < -0.39 is 0 Å². The molecule has 4 heteroatoms. The molecule has 0 bridgehead atoms. The fourth-order valence-corrected chi connectivity index (χ4v) is 2.34. The summed E-state index contributed by atoms with van der Waals surface area (Å²) in [5, 5.41) is 0.638. The molecule has 1 saturated carbocycles. The Morgan fingerprint density at radius 2 is 2.19 bits per heavy atom. The number of halogens is 2. The molecule has 88 valence electrons. The molecule has 2 rings (SSSR count). The van der Waals surface area contributed by atoms with Crippen molar-refractivity contribution in [3.05, 3.63) is 27.7 Å². The first-order chi connectivity index (χ1) is 7.41. The van der Waals surface area contributed by atoms with Crippen molar-refractivity contribution < 1.29 is 4.74 Å². The van der Waals surface area contributed by atoms with Crippen LogP contribution in [0, 0.1) is 5.41 Å². The van der Waals surface area contributed by atoms with Gasteiger partial charge in [-0.3, -0.25) is 0 Å². The molecule has 0 heterocycles. The van der Waals surface area contributed by atoms with E-state index in [-0.39, 0.29) is 17.6 Å². The first-order valence-electron chi connectivity index (χ1n) is 5.28. The van der Waals surface area contributed by atoms with Gasteiger partial charge in [0, 0.05) is 22.4 Å². The van der Waals surface area contributed by atoms with Crippen molar-refractivity contribution in [2.75, 3.05) is 0 Å². The fourth-order valence-electron chi connectivity index (χ4n) is 1.84. The van der Waals surface area contributed by atoms with Crippen LogP contribution in [0.25, 0.3) is 0 Å². The Morgan fingerprint density at radius 3 is 2.75 bits per heavy atom. The SMILES string of the molecule is CC1(C)C(N)CC1Oc1cc(Br)ccc1Cl. The molecular weight excluding hydrogens is 289 g/mol. The highest BCUT2D eigenvalue weighted by Gasteiger charge is 2.48. The highest BCUT2D eigenvalue weighted by atomic mass is 79.9. The first kappa shape index (κ1) is 12.2. The van der Waals surface area contributed by atoms with Gasteiger partial charge in [-0.15, -0.1) is 0 Å². The van der Waals surface area contributed by atoms with Crippen LogP contribution >= 0.6 is 27.5 Å². The van der Waals surface area contributed by atoms with Crippen LogP contribution in [0.1, 0.15) is 20.3 Å². The van der Waals surface area contributed by atoms with Gasteiger partial charge in [-0.05, 0) is 18.2 Å². The summed E-state index contributed by atoms with van der Waals surface area (Å²) >= 11 is 9.48. The minimum Gasteiger partial charge on any atom is -0.488 e. The average Bonchev–Trinajstić information content (AvgIpc) is 2.23. The summed E-state index contributed by atoms with van der Waals surface area (Å²) in [4.78, 5) is 0. The molecule has 1 aromatic rings. The zero-order valence-corrected chi connectivity index (χ0v) is 11.7. The molecule has 1 aliphatic carbocycles. The topological polar surface area (TPSA) is 35.2 Å². The molecule has 0 aliphatic heterocycles. The summed E-state index contributed by atoms with van der Waals surface area (Å²) in [6.07, 6.45) is 1.03. The van der Waals surface area contributed by atoms with E-state index in [9.17, 15) is 0 Å². The number of benzene rings is 1. The predicted octanol–water partition coefficient (Wildman–Crippen LogP) is 3.61. The molecule has 2 atom stereocenters. The molecule has 1 fully saturated rings. The molecule has 0 aromatic heterocycles. The highest BCUT2D eigenvalue weighted by Crippen LogP contribution is 2.43. The van der Waals surface area contributed by atoms with Crippen molar-refractivity contribution in [2.24, 2.45) is 11.1 Å². The van der Waals surface area contributed by atoms with Gasteiger partial charge in [-0.1, -0.05) is 41.4 Å². The van der Waals surface area contributed by atoms with Crippen molar-refractivity contribution in [3.8, 4) is 5.75 Å². The molecule has 0 radical (unpaired) electrons. The van der Waals surface area contributed by atoms with E-state index in [1.807, 2.05) is 18.2 Å². The van der Waals surface area contributed by atoms with Gasteiger partial charge in [0.05, 0.1) is 5.02 Å². The average molecular weight is 305 g/mol. The van der Waals surface area contributed by atoms with Gasteiger partial charge in [0.15, 0.2) is 0 Å². The van der Waals surface area contributed by atoms with Gasteiger partial charge in [0.25, 0.3) is 0 Å². The van der Waals surface area contributed by atoms with Gasteiger partial charge in [-0.25, -0.2) is 0 Å². The summed E-state index contributed by atoms with van der Waals surface area (Å²) in [6.45, 7) is 4.25. The number of nitrogens with two attached hydrogens (primary N) is 1. The Morgan fingerprint density at radius 1 is 1.50 bits per heavy atom. The normalized spacial score (nSPS) is 27.3. The lowest BCUT2D eigenvalue weighted by Gasteiger charge is -2.49. The van der Waals surface area contributed by atoms with Gasteiger partial charge < -0.3 is 10.5 Å². The third-order valence-corrected chi connectivity index (χ3v) is 4.22. The molecule has 2 nitrogen and oxygen atoms in total. The molecule has 0 spiro atoms. The van der Waals surface area contributed by atoms with Crippen molar-refractivity contribution in [2.45, 2.75) is 32.4 Å². The number of rotatable bonds is 2. The van der Waals surface area contributed by atoms with Crippen molar-refractivity contribution in [1.82, 2.24) is 0 Å². The van der Waals surface area contributed by atoms with Gasteiger partial charge in [0.1, 0.15) is 11.9 Å². The Balaban J connectivity index is 2.13. The fraction of sp³-hybridized carbons (Fsp3) is 0.500. The number of hydrogen-bond donors (Lipinski definition) is 1. The molecule has 0 saturated heterocycles. The molecule has 1 aliphatic rings. The Bertz CT molecular complexity index is 408. The summed E-state index contributed by atoms with van der Waals surface area (Å²) in [5.74, 6) is 0.723. The van der Waals surface area contributed by atoms with Crippen molar-refractivity contribution in [1.29, 1.82) is 0 Å². The minimum absolute atomic E-state index is 0.0195. The lowest BCUT2D eigenvalue weighted by molar-refractivity contribution is -0.0399. The Hall–Kier alpha value is -0.250. The maximum Gasteiger partial charge on any atom is 0.139 e. The Kier molecular flexibility index (Phi) is 3.21.